The van der Waals surface area contributed by atoms with E-state index in [1.807, 2.05) is 6.08 Å². The van der Waals surface area contributed by atoms with Crippen LogP contribution in [0.5, 0.6) is 0 Å². The van der Waals surface area contributed by atoms with Gasteiger partial charge in [0.15, 0.2) is 0 Å². The third-order valence-electron chi connectivity index (χ3n) is 1.51. The van der Waals surface area contributed by atoms with Crippen LogP contribution in [-0.2, 0) is 0 Å². The van der Waals surface area contributed by atoms with Gasteiger partial charge in [-0.25, -0.2) is 0 Å². The van der Waals surface area contributed by atoms with E-state index in [1.165, 1.54) is 0 Å². The standard InChI is InChI=1S/C6H11NO2/c8-5-6-3-1-2-4-7(6)9/h2,4,6,8-9H,1,3,5H2. The van der Waals surface area contributed by atoms with Crippen LogP contribution >= 0.6 is 0 Å². The van der Waals surface area contributed by atoms with Gasteiger partial charge in [0.2, 0.25) is 0 Å². The van der Waals surface area contributed by atoms with Crippen LogP contribution < -0.4 is 0 Å². The third kappa shape index (κ3) is 1.43. The van der Waals surface area contributed by atoms with E-state index in [4.69, 9.17) is 10.3 Å². The van der Waals surface area contributed by atoms with Gasteiger partial charge in [-0.1, -0.05) is 6.08 Å². The van der Waals surface area contributed by atoms with Gasteiger partial charge in [0, 0.05) is 6.20 Å². The second-order valence-electron chi connectivity index (χ2n) is 2.18. The summed E-state index contributed by atoms with van der Waals surface area (Å²) < 4.78 is 0. The van der Waals surface area contributed by atoms with Crippen molar-refractivity contribution in [1.29, 1.82) is 0 Å². The first-order chi connectivity index (χ1) is 4.34. The third-order valence-corrected chi connectivity index (χ3v) is 1.51. The summed E-state index contributed by atoms with van der Waals surface area (Å²) >= 11 is 0. The maximum atomic E-state index is 8.96. The lowest BCUT2D eigenvalue weighted by Crippen LogP contribution is -2.32. The zero-order valence-corrected chi connectivity index (χ0v) is 5.20. The predicted molar refractivity (Wildman–Crippen MR) is 32.9 cm³/mol. The lowest BCUT2D eigenvalue weighted by atomic mass is 10.1. The molecule has 1 aliphatic heterocycles. The monoisotopic (exact) mass is 129 g/mol. The smallest absolute Gasteiger partial charge is 0.0789 e. The van der Waals surface area contributed by atoms with Gasteiger partial charge in [-0.15, -0.1) is 0 Å². The summed E-state index contributed by atoms with van der Waals surface area (Å²) in [6.45, 7) is 0.0286. The summed E-state index contributed by atoms with van der Waals surface area (Å²) in [4.78, 5) is 0. The van der Waals surface area contributed by atoms with Crippen molar-refractivity contribution in [2.24, 2.45) is 0 Å². The Morgan fingerprint density at radius 2 is 2.44 bits per heavy atom. The fraction of sp³-hybridized carbons (Fsp3) is 0.667. The Bertz CT molecular complexity index is 114. The first-order valence-electron chi connectivity index (χ1n) is 3.09. The maximum Gasteiger partial charge on any atom is 0.0789 e. The molecule has 0 spiro atoms. The highest BCUT2D eigenvalue weighted by Gasteiger charge is 2.13. The molecule has 0 aliphatic carbocycles. The van der Waals surface area contributed by atoms with Crippen molar-refractivity contribution in [2.75, 3.05) is 6.61 Å². The van der Waals surface area contributed by atoms with Crippen LogP contribution in [0.25, 0.3) is 0 Å². The van der Waals surface area contributed by atoms with Crippen molar-refractivity contribution < 1.29 is 10.3 Å². The lowest BCUT2D eigenvalue weighted by Gasteiger charge is -2.25. The quantitative estimate of drug-likeness (QED) is 0.536. The minimum Gasteiger partial charge on any atom is -0.394 e. The second kappa shape index (κ2) is 2.85. The SMILES string of the molecule is OCC1CCC=CN1O. The van der Waals surface area contributed by atoms with Crippen molar-refractivity contribution >= 4 is 0 Å². The van der Waals surface area contributed by atoms with E-state index in [1.54, 1.807) is 6.20 Å². The van der Waals surface area contributed by atoms with Crippen LogP contribution in [0.3, 0.4) is 0 Å². The fourth-order valence-corrected chi connectivity index (χ4v) is 0.900. The van der Waals surface area contributed by atoms with Gasteiger partial charge in [0.1, 0.15) is 0 Å². The van der Waals surface area contributed by atoms with Crippen molar-refractivity contribution in [3.05, 3.63) is 12.3 Å². The Morgan fingerprint density at radius 1 is 1.67 bits per heavy atom. The summed E-state index contributed by atoms with van der Waals surface area (Å²) in [5.74, 6) is 0. The fourth-order valence-electron chi connectivity index (χ4n) is 0.900. The van der Waals surface area contributed by atoms with E-state index < -0.39 is 0 Å². The summed E-state index contributed by atoms with van der Waals surface area (Å²) in [7, 11) is 0. The number of nitrogens with zero attached hydrogens (tertiary/aromatic N) is 1. The molecule has 3 nitrogen and oxygen atoms in total. The van der Waals surface area contributed by atoms with Gasteiger partial charge in [0.05, 0.1) is 12.6 Å². The average molecular weight is 129 g/mol. The summed E-state index contributed by atoms with van der Waals surface area (Å²) in [5.41, 5.74) is 0. The second-order valence-corrected chi connectivity index (χ2v) is 2.18. The first-order valence-corrected chi connectivity index (χ1v) is 3.09. The molecule has 0 saturated carbocycles. The van der Waals surface area contributed by atoms with Crippen molar-refractivity contribution in [3.8, 4) is 0 Å². The molecule has 0 radical (unpaired) electrons. The molecule has 1 aliphatic rings. The highest BCUT2D eigenvalue weighted by atomic mass is 16.5. The molecule has 0 amide bonds. The molecule has 1 unspecified atom stereocenters. The van der Waals surface area contributed by atoms with Gasteiger partial charge in [0.25, 0.3) is 0 Å². The van der Waals surface area contributed by atoms with E-state index in [2.05, 4.69) is 0 Å². The van der Waals surface area contributed by atoms with Gasteiger partial charge in [-0.2, -0.15) is 0 Å². The molecule has 3 heteroatoms. The molecule has 0 saturated heterocycles. The number of aliphatic hydroxyl groups is 1. The van der Waals surface area contributed by atoms with E-state index in [0.29, 0.717) is 0 Å². The molecule has 9 heavy (non-hydrogen) atoms. The van der Waals surface area contributed by atoms with Crippen molar-refractivity contribution in [1.82, 2.24) is 5.06 Å². The molecule has 0 bridgehead atoms. The maximum absolute atomic E-state index is 8.96. The van der Waals surface area contributed by atoms with Crippen LogP contribution in [0.1, 0.15) is 12.8 Å². The topological polar surface area (TPSA) is 43.7 Å². The lowest BCUT2D eigenvalue weighted by molar-refractivity contribution is -0.0989. The number of aliphatic hydroxyl groups excluding tert-OH is 1. The van der Waals surface area contributed by atoms with Crippen LogP contribution in [0.15, 0.2) is 12.3 Å². The zero-order valence-electron chi connectivity index (χ0n) is 5.20. The van der Waals surface area contributed by atoms with E-state index in [-0.39, 0.29) is 12.6 Å². The van der Waals surface area contributed by atoms with Gasteiger partial charge in [-0.3, -0.25) is 10.3 Å². The molecule has 1 rings (SSSR count). The Balaban J connectivity index is 2.44. The summed E-state index contributed by atoms with van der Waals surface area (Å²) in [5, 5.41) is 18.6. The molecular formula is C6H11NO2. The normalized spacial score (nSPS) is 26.9. The minimum atomic E-state index is -0.0880. The van der Waals surface area contributed by atoms with E-state index >= 15 is 0 Å². The van der Waals surface area contributed by atoms with Crippen LogP contribution in [0.2, 0.25) is 0 Å². The Morgan fingerprint density at radius 3 is 2.89 bits per heavy atom. The largest absolute Gasteiger partial charge is 0.394 e. The molecular weight excluding hydrogens is 118 g/mol. The minimum absolute atomic E-state index is 0.0286. The number of hydroxylamine groups is 2. The summed E-state index contributed by atoms with van der Waals surface area (Å²) in [6, 6.07) is -0.0880. The molecule has 0 aromatic heterocycles. The molecule has 52 valence electrons. The molecule has 2 N–H and O–H groups in total. The Hall–Kier alpha value is -0.540. The molecule has 1 heterocycles. The first kappa shape index (κ1) is 6.58. The predicted octanol–water partition coefficient (Wildman–Crippen LogP) is 0.346. The number of hydrogen-bond donors (Lipinski definition) is 2. The number of allylic oxidation sites excluding steroid dienone is 1. The molecule has 0 fully saturated rings. The molecule has 0 aromatic rings. The van der Waals surface area contributed by atoms with Crippen molar-refractivity contribution in [2.45, 2.75) is 18.9 Å². The van der Waals surface area contributed by atoms with E-state index in [9.17, 15) is 0 Å². The highest BCUT2D eigenvalue weighted by Crippen LogP contribution is 2.10. The van der Waals surface area contributed by atoms with Gasteiger partial charge in [-0.05, 0) is 12.8 Å². The highest BCUT2D eigenvalue weighted by molar-refractivity contribution is 4.88. The van der Waals surface area contributed by atoms with Crippen LogP contribution in [0, 0.1) is 0 Å². The number of rotatable bonds is 1. The van der Waals surface area contributed by atoms with Crippen molar-refractivity contribution in [3.63, 3.8) is 0 Å². The Labute approximate surface area is 54.2 Å². The zero-order chi connectivity index (χ0) is 6.69. The average Bonchev–Trinajstić information content (AvgIpc) is 1.89. The molecule has 0 aromatic carbocycles. The molecule has 1 atom stereocenters. The Kier molecular flexibility index (Phi) is 2.08. The summed E-state index contributed by atoms with van der Waals surface area (Å²) in [6.07, 6.45) is 5.25. The number of hydrogen-bond acceptors (Lipinski definition) is 3. The van der Waals surface area contributed by atoms with Crippen LogP contribution in [-0.4, -0.2) is 28.0 Å². The van der Waals surface area contributed by atoms with E-state index in [0.717, 1.165) is 17.9 Å². The van der Waals surface area contributed by atoms with Crippen LogP contribution in [0.4, 0.5) is 0 Å². The van der Waals surface area contributed by atoms with Gasteiger partial charge < -0.3 is 5.11 Å². The van der Waals surface area contributed by atoms with Gasteiger partial charge >= 0.3 is 0 Å².